The number of para-hydroxylation sites is 1. The van der Waals surface area contributed by atoms with Gasteiger partial charge in [-0.2, -0.15) is 0 Å². The molecule has 0 aliphatic heterocycles. The van der Waals surface area contributed by atoms with Gasteiger partial charge in [-0.25, -0.2) is 15.0 Å². The maximum atomic E-state index is 11.5. The van der Waals surface area contributed by atoms with E-state index < -0.39 is 0 Å². The lowest BCUT2D eigenvalue weighted by atomic mass is 10.0. The number of thiophene rings is 1. The first kappa shape index (κ1) is 24.7. The summed E-state index contributed by atoms with van der Waals surface area (Å²) in [4.78, 5) is 25.9. The molecule has 0 radical (unpaired) electrons. The van der Waals surface area contributed by atoms with Gasteiger partial charge in [0.1, 0.15) is 5.82 Å². The van der Waals surface area contributed by atoms with Crippen LogP contribution in [-0.4, -0.2) is 19.9 Å². The van der Waals surface area contributed by atoms with Crippen molar-refractivity contribution in [3.8, 4) is 33.9 Å². The van der Waals surface area contributed by atoms with E-state index in [0.29, 0.717) is 29.5 Å². The maximum absolute atomic E-state index is 11.5. The molecule has 2 heterocycles. The van der Waals surface area contributed by atoms with Crippen LogP contribution in [-0.2, 0) is 6.42 Å². The van der Waals surface area contributed by atoms with Crippen LogP contribution in [0.2, 0.25) is 0 Å². The topological polar surface area (TPSA) is 81.8 Å². The molecule has 0 aliphatic carbocycles. The van der Waals surface area contributed by atoms with E-state index in [-0.39, 0.29) is 10.6 Å². The largest absolute Gasteiger partial charge is 0.277 e. The molecule has 196 valence electrons. The first-order chi connectivity index (χ1) is 20.1. The summed E-state index contributed by atoms with van der Waals surface area (Å²) >= 11 is 1.75. The van der Waals surface area contributed by atoms with Gasteiger partial charge in [-0.1, -0.05) is 97.1 Å². The highest BCUT2D eigenvalue weighted by Crippen LogP contribution is 2.39. The number of nitro groups is 1. The molecule has 6 nitrogen and oxygen atoms in total. The van der Waals surface area contributed by atoms with Gasteiger partial charge in [-0.3, -0.25) is 10.1 Å². The Morgan fingerprint density at radius 2 is 1.29 bits per heavy atom. The van der Waals surface area contributed by atoms with Crippen LogP contribution >= 0.6 is 11.3 Å². The Bertz CT molecular complexity index is 2050. The summed E-state index contributed by atoms with van der Waals surface area (Å²) in [6.07, 6.45) is 0.495. The normalized spacial score (nSPS) is 11.2. The Hall–Kier alpha value is -5.27. The molecular formula is C34H22N4O2S. The van der Waals surface area contributed by atoms with Gasteiger partial charge in [-0.15, -0.1) is 11.3 Å². The zero-order chi connectivity index (χ0) is 27.8. The van der Waals surface area contributed by atoms with Crippen LogP contribution in [0.15, 0.2) is 121 Å². The van der Waals surface area contributed by atoms with E-state index in [0.717, 1.165) is 27.0 Å². The Morgan fingerprint density at radius 3 is 2.12 bits per heavy atom. The Kier molecular flexibility index (Phi) is 6.26. The van der Waals surface area contributed by atoms with Crippen molar-refractivity contribution in [3.05, 3.63) is 143 Å². The minimum Gasteiger partial charge on any atom is -0.258 e. The van der Waals surface area contributed by atoms with Crippen molar-refractivity contribution in [2.45, 2.75) is 6.42 Å². The van der Waals surface area contributed by atoms with E-state index in [1.807, 2.05) is 60.7 Å². The van der Waals surface area contributed by atoms with Gasteiger partial charge in [0.25, 0.3) is 5.69 Å². The molecule has 0 bridgehead atoms. The number of fused-ring (bicyclic) bond motifs is 3. The van der Waals surface area contributed by atoms with Gasteiger partial charge >= 0.3 is 0 Å². The van der Waals surface area contributed by atoms with Crippen LogP contribution in [0.25, 0.3) is 54.1 Å². The molecule has 7 aromatic rings. The van der Waals surface area contributed by atoms with Crippen molar-refractivity contribution >= 4 is 37.2 Å². The molecule has 7 rings (SSSR count). The van der Waals surface area contributed by atoms with E-state index in [2.05, 4.69) is 42.5 Å². The number of rotatable bonds is 6. The average molecular weight is 551 g/mol. The quantitative estimate of drug-likeness (QED) is 0.153. The number of nitro benzene ring substituents is 1. The fraction of sp³-hybridized carbons (Fsp3) is 0.0294. The van der Waals surface area contributed by atoms with Gasteiger partial charge in [0.05, 0.1) is 10.5 Å². The molecule has 0 spiro atoms. The number of hydrogen-bond donors (Lipinski definition) is 0. The Morgan fingerprint density at radius 1 is 0.610 bits per heavy atom. The molecule has 0 N–H and O–H groups in total. The number of nitrogens with zero attached hydrogens (tertiary/aromatic N) is 4. The summed E-state index contributed by atoms with van der Waals surface area (Å²) in [5, 5.41) is 13.9. The third-order valence-electron chi connectivity index (χ3n) is 7.09. The van der Waals surface area contributed by atoms with E-state index in [4.69, 9.17) is 15.0 Å². The van der Waals surface area contributed by atoms with Crippen LogP contribution < -0.4 is 0 Å². The smallest absolute Gasteiger partial charge is 0.258 e. The monoisotopic (exact) mass is 550 g/mol. The summed E-state index contributed by atoms with van der Waals surface area (Å²) in [5.41, 5.74) is 4.38. The maximum Gasteiger partial charge on any atom is 0.277 e. The third-order valence-corrected chi connectivity index (χ3v) is 8.31. The minimum atomic E-state index is -0.349. The van der Waals surface area contributed by atoms with Gasteiger partial charge in [0.2, 0.25) is 0 Å². The van der Waals surface area contributed by atoms with E-state index in [1.54, 1.807) is 23.5 Å². The predicted octanol–water partition coefficient (Wildman–Crippen LogP) is 8.74. The summed E-state index contributed by atoms with van der Waals surface area (Å²) in [5.74, 6) is 1.92. The van der Waals surface area contributed by atoms with Crippen molar-refractivity contribution in [1.82, 2.24) is 15.0 Å². The van der Waals surface area contributed by atoms with Crippen LogP contribution in [0.4, 0.5) is 5.69 Å². The molecule has 0 unspecified atom stereocenters. The van der Waals surface area contributed by atoms with Crippen LogP contribution in [0.3, 0.4) is 0 Å². The van der Waals surface area contributed by atoms with E-state index in [9.17, 15) is 10.1 Å². The zero-order valence-electron chi connectivity index (χ0n) is 21.8. The minimum absolute atomic E-state index is 0.0882. The van der Waals surface area contributed by atoms with E-state index in [1.165, 1.54) is 21.5 Å². The lowest BCUT2D eigenvalue weighted by Gasteiger charge is -2.09. The highest BCUT2D eigenvalue weighted by atomic mass is 32.1. The second-order valence-corrected chi connectivity index (χ2v) is 10.7. The van der Waals surface area contributed by atoms with Gasteiger partial charge in [0.15, 0.2) is 11.6 Å². The van der Waals surface area contributed by atoms with Crippen molar-refractivity contribution in [2.24, 2.45) is 0 Å². The molecule has 0 fully saturated rings. The third kappa shape index (κ3) is 4.73. The lowest BCUT2D eigenvalue weighted by molar-refractivity contribution is -0.384. The van der Waals surface area contributed by atoms with Gasteiger partial charge in [-0.05, 0) is 29.3 Å². The molecule has 0 aliphatic rings. The SMILES string of the molecule is O=[N+]([O-])c1ccccc1-c1ccc(Cc2nc(-c3ccccc3)nc(-c3cccc4c3sc3ccccc34)n2)cc1. The summed E-state index contributed by atoms with van der Waals surface area (Å²) in [7, 11) is 0. The molecule has 7 heteroatoms. The number of hydrogen-bond acceptors (Lipinski definition) is 6. The molecule has 0 atom stereocenters. The Labute approximate surface area is 239 Å². The highest BCUT2D eigenvalue weighted by Gasteiger charge is 2.17. The second-order valence-electron chi connectivity index (χ2n) is 9.69. The van der Waals surface area contributed by atoms with Gasteiger partial charge in [0, 0.05) is 43.8 Å². The summed E-state index contributed by atoms with van der Waals surface area (Å²) in [6, 6.07) is 39.2. The zero-order valence-corrected chi connectivity index (χ0v) is 22.6. The molecule has 5 aromatic carbocycles. The molecule has 0 amide bonds. The first-order valence-corrected chi connectivity index (χ1v) is 14.0. The molecule has 0 saturated carbocycles. The number of aromatic nitrogens is 3. The fourth-order valence-electron chi connectivity index (χ4n) is 5.12. The fourth-order valence-corrected chi connectivity index (χ4v) is 6.33. The Balaban J connectivity index is 1.31. The first-order valence-electron chi connectivity index (χ1n) is 13.2. The number of benzene rings is 5. The van der Waals surface area contributed by atoms with Crippen molar-refractivity contribution in [3.63, 3.8) is 0 Å². The van der Waals surface area contributed by atoms with Crippen LogP contribution in [0, 0.1) is 10.1 Å². The van der Waals surface area contributed by atoms with Crippen LogP contribution in [0.1, 0.15) is 11.4 Å². The van der Waals surface area contributed by atoms with Crippen molar-refractivity contribution in [1.29, 1.82) is 0 Å². The summed E-state index contributed by atoms with van der Waals surface area (Å²) < 4.78 is 2.38. The van der Waals surface area contributed by atoms with Crippen molar-refractivity contribution < 1.29 is 4.92 Å². The van der Waals surface area contributed by atoms with Gasteiger partial charge < -0.3 is 0 Å². The molecule has 0 saturated heterocycles. The summed E-state index contributed by atoms with van der Waals surface area (Å²) in [6.45, 7) is 0. The van der Waals surface area contributed by atoms with Crippen LogP contribution in [0.5, 0.6) is 0 Å². The van der Waals surface area contributed by atoms with E-state index >= 15 is 0 Å². The standard InChI is InChI=1S/C34H22N4O2S/c39-38(40)29-15-6-4-11-25(29)23-19-17-22(18-20-23)21-31-35-33(24-9-2-1-3-10-24)37-34(36-31)28-14-8-13-27-26-12-5-7-16-30(26)41-32(27)28/h1-20H,21H2. The molecule has 2 aromatic heterocycles. The average Bonchev–Trinajstić information content (AvgIpc) is 3.41. The molecule has 41 heavy (non-hydrogen) atoms. The van der Waals surface area contributed by atoms with Crippen molar-refractivity contribution in [2.75, 3.05) is 0 Å². The predicted molar refractivity (Wildman–Crippen MR) is 165 cm³/mol. The highest BCUT2D eigenvalue weighted by molar-refractivity contribution is 7.26. The second kappa shape index (κ2) is 10.4. The molecular weight excluding hydrogens is 528 g/mol. The lowest BCUT2D eigenvalue weighted by Crippen LogP contribution is -2.04.